The number of carbonyl (C=O) groups is 4. The molecule has 0 radical (unpaired) electrons. The Labute approximate surface area is 243 Å². The van der Waals surface area contributed by atoms with Gasteiger partial charge in [-0.05, 0) is 48.2 Å². The van der Waals surface area contributed by atoms with Crippen molar-refractivity contribution in [2.45, 2.75) is 45.2 Å². The summed E-state index contributed by atoms with van der Waals surface area (Å²) in [5.41, 5.74) is 5.26. The van der Waals surface area contributed by atoms with Crippen LogP contribution in [0, 0.1) is 5.92 Å². The first-order valence-corrected chi connectivity index (χ1v) is 13.9. The molecule has 1 aliphatic carbocycles. The summed E-state index contributed by atoms with van der Waals surface area (Å²) in [5, 5.41) is 5.93. The van der Waals surface area contributed by atoms with Crippen molar-refractivity contribution in [2.75, 3.05) is 6.61 Å². The van der Waals surface area contributed by atoms with E-state index in [0.717, 1.165) is 33.2 Å². The summed E-state index contributed by atoms with van der Waals surface area (Å²) in [6.07, 6.45) is 0.757. The van der Waals surface area contributed by atoms with Crippen LogP contribution >= 0.6 is 0 Å². The summed E-state index contributed by atoms with van der Waals surface area (Å²) in [7, 11) is 0. The fraction of sp³-hybridized carbons (Fsp3) is 0.273. The van der Waals surface area contributed by atoms with E-state index in [2.05, 4.69) is 27.8 Å². The number of para-hydroxylation sites is 1. The predicted octanol–water partition coefficient (Wildman–Crippen LogP) is 5.10. The largest absolute Gasteiger partial charge is 0.449 e. The zero-order valence-electron chi connectivity index (χ0n) is 23.7. The third-order valence-electron chi connectivity index (χ3n) is 7.59. The molecule has 1 aliphatic rings. The highest BCUT2D eigenvalue weighted by atomic mass is 16.5. The lowest BCUT2D eigenvalue weighted by atomic mass is 9.98. The molecule has 3 aromatic carbocycles. The number of alkyl carbamates (subject to hydrolysis) is 1. The van der Waals surface area contributed by atoms with E-state index in [0.29, 0.717) is 5.75 Å². The average Bonchev–Trinajstić information content (AvgIpc) is 3.54. The molecule has 0 saturated heterocycles. The standard InChI is InChI=1S/C33H33N3O6/c1-19(31(38)35-21(3)32(39)42-30-17-34-28-15-9-8-14-26(28)30)16-29(37)20(2)36-33(40)41-18-27-24-12-6-4-10-22(24)23-11-5-7-13-25(23)27/h4-15,17,19-21,27,34H,16,18H2,1-3H3,(H,35,38)(H,36,40)/t19-,20+,21+/m1/s1. The molecule has 0 aliphatic heterocycles. The lowest BCUT2D eigenvalue weighted by Gasteiger charge is -2.19. The van der Waals surface area contributed by atoms with Crippen LogP contribution in [-0.4, -0.2) is 47.4 Å². The number of H-pyrrole nitrogens is 1. The Morgan fingerprint density at radius 3 is 2.12 bits per heavy atom. The molecule has 5 rings (SSSR count). The topological polar surface area (TPSA) is 127 Å². The highest BCUT2D eigenvalue weighted by molar-refractivity contribution is 5.94. The zero-order valence-corrected chi connectivity index (χ0v) is 23.7. The smallest absolute Gasteiger partial charge is 0.407 e. The summed E-state index contributed by atoms with van der Waals surface area (Å²) in [6, 6.07) is 21.7. The molecular formula is C33H33N3O6. The van der Waals surface area contributed by atoms with Crippen molar-refractivity contribution in [3.05, 3.63) is 90.1 Å². The van der Waals surface area contributed by atoms with Crippen LogP contribution in [0.15, 0.2) is 79.0 Å². The van der Waals surface area contributed by atoms with Gasteiger partial charge in [-0.25, -0.2) is 9.59 Å². The van der Waals surface area contributed by atoms with Crippen LogP contribution in [0.25, 0.3) is 22.0 Å². The Bertz CT molecular complexity index is 1600. The van der Waals surface area contributed by atoms with Crippen LogP contribution in [0.2, 0.25) is 0 Å². The Hall–Kier alpha value is -4.92. The van der Waals surface area contributed by atoms with Crippen LogP contribution < -0.4 is 15.4 Å². The molecule has 0 unspecified atom stereocenters. The first kappa shape index (κ1) is 28.6. The summed E-state index contributed by atoms with van der Waals surface area (Å²) in [6.45, 7) is 4.79. The lowest BCUT2D eigenvalue weighted by molar-refractivity contribution is -0.139. The van der Waals surface area contributed by atoms with E-state index < -0.39 is 36.0 Å². The van der Waals surface area contributed by atoms with Crippen LogP contribution in [0.3, 0.4) is 0 Å². The van der Waals surface area contributed by atoms with Gasteiger partial charge in [-0.3, -0.25) is 9.59 Å². The van der Waals surface area contributed by atoms with Gasteiger partial charge in [0.1, 0.15) is 12.6 Å². The van der Waals surface area contributed by atoms with Gasteiger partial charge in [-0.15, -0.1) is 0 Å². The number of hydrogen-bond acceptors (Lipinski definition) is 6. The number of aromatic amines is 1. The monoisotopic (exact) mass is 567 g/mol. The number of rotatable bonds is 10. The predicted molar refractivity (Wildman–Crippen MR) is 158 cm³/mol. The molecule has 2 amide bonds. The third-order valence-corrected chi connectivity index (χ3v) is 7.59. The number of nitrogens with one attached hydrogen (secondary N) is 3. The van der Waals surface area contributed by atoms with E-state index in [1.54, 1.807) is 20.0 Å². The van der Waals surface area contributed by atoms with Gasteiger partial charge in [0.25, 0.3) is 0 Å². The highest BCUT2D eigenvalue weighted by Crippen LogP contribution is 2.44. The number of ketones is 1. The van der Waals surface area contributed by atoms with Crippen LogP contribution in [0.4, 0.5) is 4.79 Å². The summed E-state index contributed by atoms with van der Waals surface area (Å²) in [5.74, 6) is -1.89. The number of esters is 1. The molecule has 42 heavy (non-hydrogen) atoms. The van der Waals surface area contributed by atoms with E-state index in [4.69, 9.17) is 9.47 Å². The molecule has 4 aromatic rings. The molecule has 0 fully saturated rings. The Kier molecular flexibility index (Phi) is 8.38. The molecular weight excluding hydrogens is 534 g/mol. The van der Waals surface area contributed by atoms with Crippen LogP contribution in [0.5, 0.6) is 5.75 Å². The molecule has 1 heterocycles. The quantitative estimate of drug-likeness (QED) is 0.229. The number of Topliss-reactive ketones (excluding diaryl/α,β-unsaturated/α-hetero) is 1. The minimum atomic E-state index is -0.930. The van der Waals surface area contributed by atoms with Gasteiger partial charge in [-0.1, -0.05) is 67.6 Å². The molecule has 9 nitrogen and oxygen atoms in total. The normalized spacial score (nSPS) is 14.3. The van der Waals surface area contributed by atoms with Gasteiger partial charge in [0.2, 0.25) is 5.91 Å². The Balaban J connectivity index is 1.08. The van der Waals surface area contributed by atoms with E-state index in [1.807, 2.05) is 60.7 Å². The van der Waals surface area contributed by atoms with E-state index in [9.17, 15) is 19.2 Å². The van der Waals surface area contributed by atoms with Crippen molar-refractivity contribution in [2.24, 2.45) is 5.92 Å². The second-order valence-corrected chi connectivity index (χ2v) is 10.6. The maximum atomic E-state index is 12.8. The van der Waals surface area contributed by atoms with Crippen molar-refractivity contribution < 1.29 is 28.7 Å². The molecule has 3 N–H and O–H groups in total. The van der Waals surface area contributed by atoms with Crippen molar-refractivity contribution in [3.63, 3.8) is 0 Å². The molecule has 216 valence electrons. The number of amides is 2. The molecule has 0 spiro atoms. The minimum Gasteiger partial charge on any atom is -0.449 e. The second-order valence-electron chi connectivity index (χ2n) is 10.6. The number of ether oxygens (including phenoxy) is 2. The second kappa shape index (κ2) is 12.3. The molecule has 9 heteroatoms. The lowest BCUT2D eigenvalue weighted by Crippen LogP contribution is -2.45. The van der Waals surface area contributed by atoms with Crippen LogP contribution in [0.1, 0.15) is 44.2 Å². The Morgan fingerprint density at radius 1 is 0.810 bits per heavy atom. The maximum absolute atomic E-state index is 12.8. The van der Waals surface area contributed by atoms with Crippen LogP contribution in [-0.2, 0) is 19.1 Å². The van der Waals surface area contributed by atoms with Crippen molar-refractivity contribution in [3.8, 4) is 16.9 Å². The number of fused-ring (bicyclic) bond motifs is 4. The van der Waals surface area contributed by atoms with Gasteiger partial charge in [-0.2, -0.15) is 0 Å². The van der Waals surface area contributed by atoms with Crippen molar-refractivity contribution in [1.82, 2.24) is 15.6 Å². The number of aromatic nitrogens is 1. The van der Waals surface area contributed by atoms with Crippen molar-refractivity contribution >= 4 is 34.7 Å². The van der Waals surface area contributed by atoms with Crippen molar-refractivity contribution in [1.29, 1.82) is 0 Å². The number of hydrogen-bond donors (Lipinski definition) is 3. The summed E-state index contributed by atoms with van der Waals surface area (Å²) >= 11 is 0. The Morgan fingerprint density at radius 2 is 1.43 bits per heavy atom. The highest BCUT2D eigenvalue weighted by Gasteiger charge is 2.30. The number of benzene rings is 3. The third kappa shape index (κ3) is 6.05. The molecule has 0 bridgehead atoms. The zero-order chi connectivity index (χ0) is 29.8. The number of carbonyl (C=O) groups excluding carboxylic acids is 4. The van der Waals surface area contributed by atoms with Gasteiger partial charge in [0.05, 0.1) is 6.04 Å². The van der Waals surface area contributed by atoms with E-state index in [1.165, 1.54) is 6.92 Å². The van der Waals surface area contributed by atoms with Gasteiger partial charge in [0, 0.05) is 35.4 Å². The molecule has 3 atom stereocenters. The summed E-state index contributed by atoms with van der Waals surface area (Å²) < 4.78 is 11.0. The van der Waals surface area contributed by atoms with E-state index >= 15 is 0 Å². The molecule has 0 saturated carbocycles. The van der Waals surface area contributed by atoms with Gasteiger partial charge >= 0.3 is 12.1 Å². The minimum absolute atomic E-state index is 0.0949. The summed E-state index contributed by atoms with van der Waals surface area (Å²) in [4.78, 5) is 53.7. The fourth-order valence-electron chi connectivity index (χ4n) is 5.21. The average molecular weight is 568 g/mol. The maximum Gasteiger partial charge on any atom is 0.407 e. The molecule has 1 aromatic heterocycles. The fourth-order valence-corrected chi connectivity index (χ4v) is 5.21. The first-order chi connectivity index (χ1) is 20.2. The van der Waals surface area contributed by atoms with Gasteiger partial charge < -0.3 is 25.1 Å². The first-order valence-electron chi connectivity index (χ1n) is 13.9. The van der Waals surface area contributed by atoms with Gasteiger partial charge in [0.15, 0.2) is 11.5 Å². The SMILES string of the molecule is C[C@H](CC(=O)[C@H](C)NC(=O)OCC1c2ccccc2-c2ccccc21)C(=O)N[C@@H](C)C(=O)Oc1c[nH]c2ccccc12. The van der Waals surface area contributed by atoms with E-state index in [-0.39, 0.29) is 24.7 Å².